The fourth-order valence-electron chi connectivity index (χ4n) is 4.65. The predicted molar refractivity (Wildman–Crippen MR) is 135 cm³/mol. The summed E-state index contributed by atoms with van der Waals surface area (Å²) in [5, 5.41) is 70.9. The quantitative estimate of drug-likeness (QED) is 0.196. The summed E-state index contributed by atoms with van der Waals surface area (Å²) in [5.74, 6) is 0.180. The zero-order valence-electron chi connectivity index (χ0n) is 21.2. The molecule has 2 fully saturated rings. The minimum absolute atomic E-state index is 0.0578. The van der Waals surface area contributed by atoms with Crippen LogP contribution in [0.2, 0.25) is 0 Å². The molecule has 10 unspecified atom stereocenters. The van der Waals surface area contributed by atoms with E-state index in [1.165, 1.54) is 43.5 Å². The van der Waals surface area contributed by atoms with Gasteiger partial charge in [0.2, 0.25) is 6.29 Å². The average Bonchev–Trinajstić information content (AvgIpc) is 2.94. The number of ether oxygens (including phenoxy) is 4. The van der Waals surface area contributed by atoms with Gasteiger partial charge in [-0.05, 0) is 36.8 Å². The average molecular weight is 563 g/mol. The van der Waals surface area contributed by atoms with Gasteiger partial charge >= 0.3 is 0 Å². The molecule has 5 rings (SSSR count). The number of phenols is 1. The van der Waals surface area contributed by atoms with E-state index in [-0.39, 0.29) is 33.5 Å². The SMILES string of the molecule is CC1OC(OCC2OC(Oc3ccc4c(=O)c(-c5ccc(O)cc5)coc4c3)C(O)C(O)C2O)C(O)C(O)C1O. The molecule has 0 spiro atoms. The Morgan fingerprint density at radius 3 is 2.20 bits per heavy atom. The fraction of sp³-hybridized carbons (Fsp3) is 0.444. The van der Waals surface area contributed by atoms with Crippen LogP contribution in [0.1, 0.15) is 6.92 Å². The molecule has 216 valence electrons. The Morgan fingerprint density at radius 2 is 1.48 bits per heavy atom. The van der Waals surface area contributed by atoms with Gasteiger partial charge in [-0.1, -0.05) is 12.1 Å². The zero-order chi connectivity index (χ0) is 28.7. The monoisotopic (exact) mass is 562 g/mol. The Bertz CT molecular complexity index is 1380. The van der Waals surface area contributed by atoms with Gasteiger partial charge in [0, 0.05) is 6.07 Å². The second kappa shape index (κ2) is 11.4. The molecule has 10 atom stereocenters. The Kier molecular flexibility index (Phi) is 8.10. The maximum atomic E-state index is 13.0. The topological polar surface area (TPSA) is 209 Å². The molecule has 0 radical (unpaired) electrons. The number of fused-ring (bicyclic) bond motifs is 1. The molecule has 40 heavy (non-hydrogen) atoms. The first kappa shape index (κ1) is 28.4. The van der Waals surface area contributed by atoms with Crippen LogP contribution in [0.25, 0.3) is 22.1 Å². The van der Waals surface area contributed by atoms with Crippen molar-refractivity contribution in [1.29, 1.82) is 0 Å². The molecule has 0 amide bonds. The van der Waals surface area contributed by atoms with Crippen LogP contribution in [-0.2, 0) is 14.2 Å². The number of aliphatic hydroxyl groups excluding tert-OH is 6. The third-order valence-electron chi connectivity index (χ3n) is 7.08. The lowest BCUT2D eigenvalue weighted by Crippen LogP contribution is -2.61. The van der Waals surface area contributed by atoms with Gasteiger partial charge in [-0.25, -0.2) is 0 Å². The molecular formula is C27H30O13. The number of phenolic OH excluding ortho intramolecular Hbond substituents is 1. The van der Waals surface area contributed by atoms with E-state index in [1.54, 1.807) is 12.1 Å². The summed E-state index contributed by atoms with van der Waals surface area (Å²) < 4.78 is 27.8. The largest absolute Gasteiger partial charge is 0.508 e. The van der Waals surface area contributed by atoms with Crippen LogP contribution in [0.4, 0.5) is 0 Å². The van der Waals surface area contributed by atoms with Crippen molar-refractivity contribution >= 4 is 11.0 Å². The van der Waals surface area contributed by atoms with Crippen molar-refractivity contribution < 1.29 is 59.1 Å². The van der Waals surface area contributed by atoms with Gasteiger partial charge in [0.25, 0.3) is 0 Å². The molecule has 7 N–H and O–H groups in total. The first-order valence-corrected chi connectivity index (χ1v) is 12.6. The molecule has 3 aromatic rings. The van der Waals surface area contributed by atoms with E-state index in [9.17, 15) is 40.5 Å². The number of hydrogen-bond donors (Lipinski definition) is 7. The number of aliphatic hydroxyl groups is 6. The van der Waals surface area contributed by atoms with Crippen LogP contribution in [0, 0.1) is 0 Å². The highest BCUT2D eigenvalue weighted by molar-refractivity contribution is 5.82. The van der Waals surface area contributed by atoms with Crippen molar-refractivity contribution in [3.05, 3.63) is 59.0 Å². The normalized spacial score (nSPS) is 34.6. The number of aromatic hydroxyl groups is 1. The first-order valence-electron chi connectivity index (χ1n) is 12.6. The van der Waals surface area contributed by atoms with Crippen LogP contribution in [0.15, 0.2) is 57.9 Å². The molecule has 13 nitrogen and oxygen atoms in total. The molecule has 1 aromatic heterocycles. The van der Waals surface area contributed by atoms with Crippen LogP contribution in [0.3, 0.4) is 0 Å². The second-order valence-electron chi connectivity index (χ2n) is 9.83. The second-order valence-corrected chi connectivity index (χ2v) is 9.83. The van der Waals surface area contributed by atoms with Gasteiger partial charge in [-0.15, -0.1) is 0 Å². The lowest BCUT2D eigenvalue weighted by atomic mass is 9.98. The van der Waals surface area contributed by atoms with Crippen molar-refractivity contribution in [2.75, 3.05) is 6.61 Å². The summed E-state index contributed by atoms with van der Waals surface area (Å²) in [4.78, 5) is 13.0. The summed E-state index contributed by atoms with van der Waals surface area (Å²) >= 11 is 0. The summed E-state index contributed by atoms with van der Waals surface area (Å²) in [7, 11) is 0. The maximum Gasteiger partial charge on any atom is 0.229 e. The number of benzene rings is 2. The van der Waals surface area contributed by atoms with Gasteiger partial charge in [0.15, 0.2) is 11.7 Å². The van der Waals surface area contributed by atoms with E-state index < -0.39 is 68.0 Å². The highest BCUT2D eigenvalue weighted by Gasteiger charge is 2.47. The molecule has 0 aliphatic carbocycles. The summed E-state index contributed by atoms with van der Waals surface area (Å²) in [6, 6.07) is 10.4. The van der Waals surface area contributed by atoms with Crippen molar-refractivity contribution in [2.45, 2.75) is 68.3 Å². The van der Waals surface area contributed by atoms with E-state index in [4.69, 9.17) is 23.4 Å². The van der Waals surface area contributed by atoms with Crippen LogP contribution < -0.4 is 10.2 Å². The lowest BCUT2D eigenvalue weighted by Gasteiger charge is -2.42. The van der Waals surface area contributed by atoms with E-state index in [2.05, 4.69) is 0 Å². The highest BCUT2D eigenvalue weighted by Crippen LogP contribution is 2.29. The molecule has 2 aromatic carbocycles. The van der Waals surface area contributed by atoms with Crippen molar-refractivity contribution in [3.63, 3.8) is 0 Å². The van der Waals surface area contributed by atoms with E-state index in [1.807, 2.05) is 0 Å². The lowest BCUT2D eigenvalue weighted by molar-refractivity contribution is -0.318. The molecule has 0 bridgehead atoms. The highest BCUT2D eigenvalue weighted by atomic mass is 16.7. The van der Waals surface area contributed by atoms with Crippen LogP contribution in [0.5, 0.6) is 11.5 Å². The van der Waals surface area contributed by atoms with Crippen molar-refractivity contribution in [3.8, 4) is 22.6 Å². The van der Waals surface area contributed by atoms with Crippen LogP contribution in [-0.4, -0.2) is 104 Å². The molecule has 0 saturated carbocycles. The minimum atomic E-state index is -1.69. The van der Waals surface area contributed by atoms with E-state index in [0.29, 0.717) is 5.56 Å². The van der Waals surface area contributed by atoms with E-state index >= 15 is 0 Å². The number of hydrogen-bond acceptors (Lipinski definition) is 13. The van der Waals surface area contributed by atoms with E-state index in [0.717, 1.165) is 0 Å². The Hall–Kier alpha value is -3.11. The molecule has 2 aliphatic rings. The molecular weight excluding hydrogens is 532 g/mol. The Labute approximate surface area is 227 Å². The van der Waals surface area contributed by atoms with Crippen molar-refractivity contribution in [2.24, 2.45) is 0 Å². The zero-order valence-corrected chi connectivity index (χ0v) is 21.2. The summed E-state index contributed by atoms with van der Waals surface area (Å²) in [6.07, 6.45) is -13.1. The van der Waals surface area contributed by atoms with Gasteiger partial charge in [0.05, 0.1) is 23.7 Å². The fourth-order valence-corrected chi connectivity index (χ4v) is 4.65. The maximum absolute atomic E-state index is 13.0. The molecule has 13 heteroatoms. The summed E-state index contributed by atoms with van der Waals surface area (Å²) in [6.45, 7) is 1.04. The Morgan fingerprint density at radius 1 is 0.800 bits per heavy atom. The third kappa shape index (κ3) is 5.43. The number of rotatable bonds is 6. The first-order chi connectivity index (χ1) is 19.0. The van der Waals surface area contributed by atoms with Crippen molar-refractivity contribution in [1.82, 2.24) is 0 Å². The van der Waals surface area contributed by atoms with Gasteiger partial charge in [-0.3, -0.25) is 4.79 Å². The molecule has 2 aliphatic heterocycles. The molecule has 3 heterocycles. The smallest absolute Gasteiger partial charge is 0.229 e. The summed E-state index contributed by atoms with van der Waals surface area (Å²) in [5.41, 5.74) is 0.701. The van der Waals surface area contributed by atoms with Crippen LogP contribution >= 0.6 is 0 Å². The molecule has 2 saturated heterocycles. The minimum Gasteiger partial charge on any atom is -0.508 e. The standard InChI is InChI=1S/C27H30O13/c1-11-19(29)22(32)24(34)26(38-11)37-10-18-21(31)23(33)25(35)27(40-18)39-14-6-7-15-17(8-14)36-9-16(20(15)30)12-2-4-13(28)5-3-12/h2-9,11,18-19,21-29,31-35H,10H2,1H3. The predicted octanol–water partition coefficient (Wildman–Crippen LogP) is -0.804. The van der Waals surface area contributed by atoms with Gasteiger partial charge in [0.1, 0.15) is 66.1 Å². The third-order valence-corrected chi connectivity index (χ3v) is 7.08. The Balaban J connectivity index is 1.30. The van der Waals surface area contributed by atoms with Gasteiger partial charge in [-0.2, -0.15) is 0 Å². The van der Waals surface area contributed by atoms with Gasteiger partial charge < -0.3 is 59.1 Å².